The number of urea groups is 1. The highest BCUT2D eigenvalue weighted by molar-refractivity contribution is 6.37. The van der Waals surface area contributed by atoms with E-state index in [1.165, 1.54) is 29.1 Å². The Labute approximate surface area is 281 Å². The lowest BCUT2D eigenvalue weighted by molar-refractivity contribution is -0.143. The van der Waals surface area contributed by atoms with Crippen molar-refractivity contribution in [2.45, 2.75) is 124 Å². The van der Waals surface area contributed by atoms with Gasteiger partial charge in [0, 0.05) is 20.1 Å². The third kappa shape index (κ3) is 11.3. The van der Waals surface area contributed by atoms with Crippen LogP contribution in [0.25, 0.3) is 0 Å². The van der Waals surface area contributed by atoms with Gasteiger partial charge in [-0.25, -0.2) is 4.79 Å². The fourth-order valence-electron chi connectivity index (χ4n) is 6.28. The predicted molar refractivity (Wildman–Crippen MR) is 182 cm³/mol. The first-order chi connectivity index (χ1) is 21.9. The first-order valence-electron chi connectivity index (χ1n) is 17.3. The van der Waals surface area contributed by atoms with E-state index in [0.717, 1.165) is 12.8 Å². The van der Waals surface area contributed by atoms with Crippen molar-refractivity contribution in [2.75, 3.05) is 20.1 Å². The van der Waals surface area contributed by atoms with Gasteiger partial charge in [0.25, 0.3) is 5.91 Å². The van der Waals surface area contributed by atoms with Crippen LogP contribution in [0.2, 0.25) is 0 Å². The van der Waals surface area contributed by atoms with Gasteiger partial charge in [0.15, 0.2) is 0 Å². The number of hydrogen-bond donors (Lipinski definition) is 4. The molecule has 266 valence electrons. The van der Waals surface area contributed by atoms with E-state index in [2.05, 4.69) is 22.5 Å². The van der Waals surface area contributed by atoms with Gasteiger partial charge in [-0.05, 0) is 41.9 Å². The molecule has 12 heteroatoms. The monoisotopic (exact) mass is 660 g/mol. The van der Waals surface area contributed by atoms with E-state index in [9.17, 15) is 28.8 Å². The standard InChI is InChI=1S/C35H60N6O6/c1-10-18-40(9)32(45)27(22(4)5)38-34(47)39-29(35(6,7)8)33(46)41-20-24(21(2)3)19-26(41)31(44)37-25(28(42)30(36)43)17-12-11-14-23-15-13-16-23/h10,21-27,29H,1,11-20H2,2-9H3,(H2,36,43)(H,37,44)(H2,38,39,47)/t24-,25?,26+,27+,29-/m1/s1. The van der Waals surface area contributed by atoms with E-state index >= 15 is 0 Å². The summed E-state index contributed by atoms with van der Waals surface area (Å²) in [6.45, 7) is 17.4. The number of rotatable bonds is 17. The minimum atomic E-state index is -1.11. The smallest absolute Gasteiger partial charge is 0.316 e. The molecule has 5 N–H and O–H groups in total. The van der Waals surface area contributed by atoms with Crippen LogP contribution in [0, 0.1) is 29.1 Å². The number of likely N-dealkylation sites (tertiary alicyclic amines) is 1. The number of likely N-dealkylation sites (N-methyl/N-ethyl adjacent to an activating group) is 1. The Morgan fingerprint density at radius 1 is 1.00 bits per heavy atom. The summed E-state index contributed by atoms with van der Waals surface area (Å²) in [5, 5.41) is 8.30. The molecule has 2 rings (SSSR count). The van der Waals surface area contributed by atoms with E-state index in [4.69, 9.17) is 5.73 Å². The van der Waals surface area contributed by atoms with Gasteiger partial charge in [-0.1, -0.05) is 93.1 Å². The molecule has 1 saturated heterocycles. The van der Waals surface area contributed by atoms with E-state index < -0.39 is 59.1 Å². The number of carbonyl (C=O) groups excluding carboxylic acids is 6. The number of Topliss-reactive ketones (excluding diaryl/α,β-unsaturated/α-hetero) is 1. The highest BCUT2D eigenvalue weighted by Gasteiger charge is 2.46. The third-order valence-electron chi connectivity index (χ3n) is 9.70. The molecule has 12 nitrogen and oxygen atoms in total. The average molecular weight is 661 g/mol. The second-order valence-corrected chi connectivity index (χ2v) is 15.3. The summed E-state index contributed by atoms with van der Waals surface area (Å²) in [6, 6.07) is -4.51. The van der Waals surface area contributed by atoms with E-state index in [1.54, 1.807) is 13.1 Å². The molecular formula is C35H60N6O6. The molecule has 0 aromatic rings. The lowest BCUT2D eigenvalue weighted by Gasteiger charge is -2.36. The number of nitrogens with two attached hydrogens (primary N) is 1. The van der Waals surface area contributed by atoms with Gasteiger partial charge in [0.2, 0.25) is 23.5 Å². The summed E-state index contributed by atoms with van der Waals surface area (Å²) in [7, 11) is 1.63. The van der Waals surface area contributed by atoms with Crippen LogP contribution in [0.3, 0.4) is 0 Å². The van der Waals surface area contributed by atoms with Crippen molar-refractivity contribution in [1.29, 1.82) is 0 Å². The Bertz CT molecular complexity index is 1140. The first-order valence-corrected chi connectivity index (χ1v) is 17.3. The van der Waals surface area contributed by atoms with Crippen molar-refractivity contribution in [1.82, 2.24) is 25.8 Å². The van der Waals surface area contributed by atoms with E-state index in [0.29, 0.717) is 38.3 Å². The number of carbonyl (C=O) groups is 6. The normalized spacial score (nSPS) is 20.2. The molecule has 1 aliphatic heterocycles. The van der Waals surface area contributed by atoms with Crippen LogP contribution >= 0.6 is 0 Å². The maximum atomic E-state index is 14.3. The summed E-state index contributed by atoms with van der Waals surface area (Å²) < 4.78 is 0. The van der Waals surface area contributed by atoms with Gasteiger partial charge in [-0.2, -0.15) is 0 Å². The van der Waals surface area contributed by atoms with Crippen molar-refractivity contribution in [2.24, 2.45) is 34.8 Å². The summed E-state index contributed by atoms with van der Waals surface area (Å²) in [4.78, 5) is 82.0. The second-order valence-electron chi connectivity index (χ2n) is 15.3. The Kier molecular flexibility index (Phi) is 14.9. The Morgan fingerprint density at radius 2 is 1.64 bits per heavy atom. The fraction of sp³-hybridized carbons (Fsp3) is 0.771. The van der Waals surface area contributed by atoms with Crippen molar-refractivity contribution in [3.63, 3.8) is 0 Å². The number of primary amides is 1. The number of nitrogens with one attached hydrogen (secondary N) is 3. The summed E-state index contributed by atoms with van der Waals surface area (Å²) >= 11 is 0. The number of nitrogens with zero attached hydrogens (tertiary/aromatic N) is 2. The molecule has 5 atom stereocenters. The van der Waals surface area contributed by atoms with Crippen LogP contribution in [-0.2, 0) is 24.0 Å². The lowest BCUT2D eigenvalue weighted by atomic mass is 9.81. The summed E-state index contributed by atoms with van der Waals surface area (Å²) in [5.41, 5.74) is 4.59. The first kappa shape index (κ1) is 39.7. The van der Waals surface area contributed by atoms with Crippen LogP contribution < -0.4 is 21.7 Å². The van der Waals surface area contributed by atoms with Gasteiger partial charge in [-0.3, -0.25) is 24.0 Å². The van der Waals surface area contributed by atoms with Crippen LogP contribution in [0.1, 0.15) is 99.8 Å². The SMILES string of the molecule is C=CCN(C)C(=O)[C@@H](NC(=O)N[C@H](C(=O)N1C[C@H](C(C)C)C[C@H]1C(=O)NC(CCCCC1CCC1)C(=O)C(N)=O)C(C)(C)C)C(C)C. The van der Waals surface area contributed by atoms with Gasteiger partial charge >= 0.3 is 6.03 Å². The molecule has 0 bridgehead atoms. The molecular weight excluding hydrogens is 600 g/mol. The van der Waals surface area contributed by atoms with Crippen LogP contribution in [0.5, 0.6) is 0 Å². The molecule has 0 spiro atoms. The Hall–Kier alpha value is -3.44. The molecule has 2 fully saturated rings. The molecule has 1 heterocycles. The average Bonchev–Trinajstić information content (AvgIpc) is 3.41. The summed E-state index contributed by atoms with van der Waals surface area (Å²) in [5.74, 6) is -2.55. The molecule has 2 aliphatic rings. The topological polar surface area (TPSA) is 171 Å². The largest absolute Gasteiger partial charge is 0.363 e. The molecule has 1 aliphatic carbocycles. The molecule has 0 radical (unpaired) electrons. The Morgan fingerprint density at radius 3 is 2.13 bits per heavy atom. The van der Waals surface area contributed by atoms with E-state index in [1.807, 2.05) is 48.5 Å². The molecule has 6 amide bonds. The molecule has 1 saturated carbocycles. The highest BCUT2D eigenvalue weighted by atomic mass is 16.2. The molecule has 0 aromatic carbocycles. The van der Waals surface area contributed by atoms with Crippen LogP contribution in [-0.4, -0.2) is 89.5 Å². The van der Waals surface area contributed by atoms with Crippen LogP contribution in [0.4, 0.5) is 4.79 Å². The highest BCUT2D eigenvalue weighted by Crippen LogP contribution is 2.33. The number of amides is 6. The molecule has 0 aromatic heterocycles. The predicted octanol–water partition coefficient (Wildman–Crippen LogP) is 3.14. The maximum absolute atomic E-state index is 14.3. The second kappa shape index (κ2) is 17.6. The van der Waals surface area contributed by atoms with Gasteiger partial charge in [0.1, 0.15) is 18.1 Å². The zero-order valence-corrected chi connectivity index (χ0v) is 29.9. The van der Waals surface area contributed by atoms with Crippen molar-refractivity contribution < 1.29 is 28.8 Å². The number of unbranched alkanes of at least 4 members (excludes halogenated alkanes) is 1. The van der Waals surface area contributed by atoms with E-state index in [-0.39, 0.29) is 23.7 Å². The summed E-state index contributed by atoms with van der Waals surface area (Å²) in [6.07, 6.45) is 8.56. The Balaban J connectivity index is 2.26. The van der Waals surface area contributed by atoms with Gasteiger partial charge in [0.05, 0.1) is 6.04 Å². The maximum Gasteiger partial charge on any atom is 0.316 e. The third-order valence-corrected chi connectivity index (χ3v) is 9.70. The van der Waals surface area contributed by atoms with Crippen LogP contribution in [0.15, 0.2) is 12.7 Å². The zero-order chi connectivity index (χ0) is 35.6. The molecule has 1 unspecified atom stereocenters. The van der Waals surface area contributed by atoms with Gasteiger partial charge in [-0.15, -0.1) is 6.58 Å². The molecule has 47 heavy (non-hydrogen) atoms. The van der Waals surface area contributed by atoms with Crippen molar-refractivity contribution in [3.05, 3.63) is 12.7 Å². The fourth-order valence-corrected chi connectivity index (χ4v) is 6.28. The quantitative estimate of drug-likeness (QED) is 0.106. The van der Waals surface area contributed by atoms with Crippen molar-refractivity contribution in [3.8, 4) is 0 Å². The zero-order valence-electron chi connectivity index (χ0n) is 29.9. The van der Waals surface area contributed by atoms with Gasteiger partial charge < -0.3 is 31.5 Å². The number of ketones is 1. The minimum absolute atomic E-state index is 0.000235. The minimum Gasteiger partial charge on any atom is -0.363 e. The van der Waals surface area contributed by atoms with Crippen molar-refractivity contribution >= 4 is 35.4 Å². The lowest BCUT2D eigenvalue weighted by Crippen LogP contribution is -2.61. The number of hydrogen-bond acceptors (Lipinski definition) is 6.